The van der Waals surface area contributed by atoms with Gasteiger partial charge in [0.1, 0.15) is 0 Å². The summed E-state index contributed by atoms with van der Waals surface area (Å²) in [5.41, 5.74) is 1.10. The fourth-order valence-electron chi connectivity index (χ4n) is 1.99. The molecule has 0 aromatic heterocycles. The van der Waals surface area contributed by atoms with Crippen LogP contribution in [-0.4, -0.2) is 6.08 Å². The number of isocyanates is 1. The van der Waals surface area contributed by atoms with Gasteiger partial charge in [0.15, 0.2) is 0 Å². The topological polar surface area (TPSA) is 29.4 Å². The van der Waals surface area contributed by atoms with Crippen LogP contribution >= 0.6 is 0 Å². The molecule has 2 heteroatoms. The van der Waals surface area contributed by atoms with Crippen molar-refractivity contribution in [2.24, 2.45) is 4.99 Å². The van der Waals surface area contributed by atoms with Crippen LogP contribution in [0.25, 0.3) is 10.8 Å². The van der Waals surface area contributed by atoms with Crippen molar-refractivity contribution >= 4 is 16.9 Å². The Hall–Kier alpha value is -1.92. The summed E-state index contributed by atoms with van der Waals surface area (Å²) in [5.74, 6) is 0. The second-order valence-corrected chi connectivity index (χ2v) is 3.71. The van der Waals surface area contributed by atoms with Gasteiger partial charge in [0.2, 0.25) is 6.08 Å². The zero-order valence-corrected chi connectivity index (χ0v) is 9.18. The minimum Gasteiger partial charge on any atom is -0.211 e. The zero-order chi connectivity index (χ0) is 11.4. The SMILES string of the molecule is CCC(N=C=O)c1cccc2ccccc12. The second-order valence-electron chi connectivity index (χ2n) is 3.71. The van der Waals surface area contributed by atoms with E-state index in [2.05, 4.69) is 23.2 Å². The van der Waals surface area contributed by atoms with Gasteiger partial charge < -0.3 is 0 Å². The van der Waals surface area contributed by atoms with Gasteiger partial charge in [0, 0.05) is 0 Å². The first-order valence-electron chi connectivity index (χ1n) is 5.41. The Morgan fingerprint density at radius 2 is 1.94 bits per heavy atom. The quantitative estimate of drug-likeness (QED) is 0.563. The molecule has 0 aliphatic heterocycles. The molecule has 2 aromatic rings. The largest absolute Gasteiger partial charge is 0.235 e. The van der Waals surface area contributed by atoms with Gasteiger partial charge in [-0.25, -0.2) is 4.79 Å². The summed E-state index contributed by atoms with van der Waals surface area (Å²) in [7, 11) is 0. The molecule has 80 valence electrons. The molecular formula is C14H13NO. The molecule has 16 heavy (non-hydrogen) atoms. The van der Waals surface area contributed by atoms with E-state index >= 15 is 0 Å². The number of carbonyl (C=O) groups excluding carboxylic acids is 1. The van der Waals surface area contributed by atoms with Crippen molar-refractivity contribution in [1.82, 2.24) is 0 Å². The molecule has 0 heterocycles. The van der Waals surface area contributed by atoms with Crippen molar-refractivity contribution in [1.29, 1.82) is 0 Å². The fraction of sp³-hybridized carbons (Fsp3) is 0.214. The Labute approximate surface area is 94.6 Å². The van der Waals surface area contributed by atoms with E-state index in [1.807, 2.05) is 31.2 Å². The highest BCUT2D eigenvalue weighted by Crippen LogP contribution is 2.28. The molecular weight excluding hydrogens is 198 g/mol. The van der Waals surface area contributed by atoms with Crippen LogP contribution in [0.5, 0.6) is 0 Å². The first kappa shape index (κ1) is 10.6. The third-order valence-electron chi connectivity index (χ3n) is 2.78. The van der Waals surface area contributed by atoms with Crippen LogP contribution in [0, 0.1) is 0 Å². The first-order valence-corrected chi connectivity index (χ1v) is 5.41. The predicted octanol–water partition coefficient (Wildman–Crippen LogP) is 3.63. The Kier molecular flexibility index (Phi) is 3.13. The summed E-state index contributed by atoms with van der Waals surface area (Å²) in [6.07, 6.45) is 2.47. The van der Waals surface area contributed by atoms with E-state index in [0.717, 1.165) is 17.4 Å². The minimum atomic E-state index is -0.0800. The van der Waals surface area contributed by atoms with E-state index in [1.54, 1.807) is 6.08 Å². The number of nitrogens with zero attached hydrogens (tertiary/aromatic N) is 1. The number of hydrogen-bond donors (Lipinski definition) is 0. The summed E-state index contributed by atoms with van der Waals surface area (Å²) in [6, 6.07) is 14.2. The highest BCUT2D eigenvalue weighted by molar-refractivity contribution is 5.86. The van der Waals surface area contributed by atoms with E-state index < -0.39 is 0 Å². The second kappa shape index (κ2) is 4.73. The van der Waals surface area contributed by atoms with Gasteiger partial charge in [-0.05, 0) is 22.8 Å². The van der Waals surface area contributed by atoms with Crippen molar-refractivity contribution in [3.63, 3.8) is 0 Å². The Bertz CT molecular complexity index is 536. The molecule has 2 aromatic carbocycles. The lowest BCUT2D eigenvalue weighted by Gasteiger charge is -2.11. The molecule has 0 bridgehead atoms. The molecule has 0 fully saturated rings. The van der Waals surface area contributed by atoms with Crippen molar-refractivity contribution in [3.8, 4) is 0 Å². The van der Waals surface area contributed by atoms with Crippen LogP contribution in [0.3, 0.4) is 0 Å². The molecule has 2 rings (SSSR count). The van der Waals surface area contributed by atoms with Crippen LogP contribution in [-0.2, 0) is 4.79 Å². The number of benzene rings is 2. The van der Waals surface area contributed by atoms with E-state index in [4.69, 9.17) is 0 Å². The standard InChI is InChI=1S/C14H13NO/c1-2-14(15-10-16)13-9-5-7-11-6-3-4-8-12(11)13/h3-9,14H,2H2,1H3. The van der Waals surface area contributed by atoms with E-state index in [1.165, 1.54) is 5.39 Å². The van der Waals surface area contributed by atoms with Gasteiger partial charge in [-0.3, -0.25) is 0 Å². The Balaban J connectivity index is 2.63. The highest BCUT2D eigenvalue weighted by Gasteiger charge is 2.10. The molecule has 0 spiro atoms. The average molecular weight is 211 g/mol. The third kappa shape index (κ3) is 1.88. The van der Waals surface area contributed by atoms with Crippen LogP contribution in [0.2, 0.25) is 0 Å². The van der Waals surface area contributed by atoms with Crippen molar-refractivity contribution < 1.29 is 4.79 Å². The molecule has 0 aliphatic carbocycles. The Morgan fingerprint density at radius 3 is 2.69 bits per heavy atom. The van der Waals surface area contributed by atoms with Crippen molar-refractivity contribution in [2.45, 2.75) is 19.4 Å². The summed E-state index contributed by atoms with van der Waals surface area (Å²) >= 11 is 0. The van der Waals surface area contributed by atoms with E-state index in [9.17, 15) is 4.79 Å². The summed E-state index contributed by atoms with van der Waals surface area (Å²) < 4.78 is 0. The van der Waals surface area contributed by atoms with Gasteiger partial charge in [-0.2, -0.15) is 4.99 Å². The number of aliphatic imine (C=N–C) groups is 1. The Morgan fingerprint density at radius 1 is 1.19 bits per heavy atom. The number of fused-ring (bicyclic) bond motifs is 1. The van der Waals surface area contributed by atoms with Gasteiger partial charge in [-0.1, -0.05) is 49.4 Å². The normalized spacial score (nSPS) is 12.1. The zero-order valence-electron chi connectivity index (χ0n) is 9.18. The molecule has 1 unspecified atom stereocenters. The van der Waals surface area contributed by atoms with Gasteiger partial charge >= 0.3 is 0 Å². The highest BCUT2D eigenvalue weighted by atomic mass is 16.1. The summed E-state index contributed by atoms with van der Waals surface area (Å²) in [4.78, 5) is 14.2. The van der Waals surface area contributed by atoms with Crippen molar-refractivity contribution in [2.75, 3.05) is 0 Å². The molecule has 0 aliphatic rings. The monoisotopic (exact) mass is 211 g/mol. The van der Waals surface area contributed by atoms with Crippen LogP contribution in [0.4, 0.5) is 0 Å². The minimum absolute atomic E-state index is 0.0800. The lowest BCUT2D eigenvalue weighted by molar-refractivity contribution is 0.556. The molecule has 0 saturated carbocycles. The van der Waals surface area contributed by atoms with Crippen LogP contribution in [0.15, 0.2) is 47.5 Å². The predicted molar refractivity (Wildman–Crippen MR) is 65.1 cm³/mol. The van der Waals surface area contributed by atoms with Crippen molar-refractivity contribution in [3.05, 3.63) is 48.0 Å². The van der Waals surface area contributed by atoms with E-state index in [-0.39, 0.29) is 6.04 Å². The molecule has 2 nitrogen and oxygen atoms in total. The lowest BCUT2D eigenvalue weighted by Crippen LogP contribution is -1.94. The molecule has 1 atom stereocenters. The fourth-order valence-corrected chi connectivity index (χ4v) is 1.99. The molecule has 0 radical (unpaired) electrons. The lowest BCUT2D eigenvalue weighted by atomic mass is 9.98. The van der Waals surface area contributed by atoms with E-state index in [0.29, 0.717) is 0 Å². The van der Waals surface area contributed by atoms with Crippen LogP contribution < -0.4 is 0 Å². The molecule has 0 amide bonds. The summed E-state index contributed by atoms with van der Waals surface area (Å²) in [5, 5.41) is 2.34. The number of rotatable bonds is 3. The van der Waals surface area contributed by atoms with Gasteiger partial charge in [0.05, 0.1) is 6.04 Å². The van der Waals surface area contributed by atoms with Gasteiger partial charge in [-0.15, -0.1) is 0 Å². The molecule has 0 saturated heterocycles. The van der Waals surface area contributed by atoms with Gasteiger partial charge in [0.25, 0.3) is 0 Å². The number of hydrogen-bond acceptors (Lipinski definition) is 2. The maximum absolute atomic E-state index is 10.4. The average Bonchev–Trinajstić information content (AvgIpc) is 2.35. The summed E-state index contributed by atoms with van der Waals surface area (Å²) in [6.45, 7) is 2.02. The maximum atomic E-state index is 10.4. The first-order chi connectivity index (χ1) is 7.86. The maximum Gasteiger partial charge on any atom is 0.235 e. The third-order valence-corrected chi connectivity index (χ3v) is 2.78. The molecule has 0 N–H and O–H groups in total. The smallest absolute Gasteiger partial charge is 0.211 e. The van der Waals surface area contributed by atoms with Crippen LogP contribution in [0.1, 0.15) is 24.9 Å².